The van der Waals surface area contributed by atoms with E-state index in [2.05, 4.69) is 0 Å². The Hall–Kier alpha value is -3.64. The molecule has 0 aromatic heterocycles. The summed E-state index contributed by atoms with van der Waals surface area (Å²) in [5, 5.41) is 11.2. The maximum Gasteiger partial charge on any atom is 0.294 e. The Balaban J connectivity index is 1.84. The van der Waals surface area contributed by atoms with Gasteiger partial charge in [-0.25, -0.2) is 4.39 Å². The number of aliphatic hydroxyl groups is 1. The van der Waals surface area contributed by atoms with Crippen molar-refractivity contribution in [2.75, 3.05) is 12.0 Å². The average Bonchev–Trinajstić information content (AvgIpc) is 3.05. The second-order valence-electron chi connectivity index (χ2n) is 6.93. The quantitative estimate of drug-likeness (QED) is 0.552. The summed E-state index contributed by atoms with van der Waals surface area (Å²) >= 11 is 5.97. The first-order chi connectivity index (χ1) is 14.9. The molecule has 31 heavy (non-hydrogen) atoms. The topological polar surface area (TPSA) is 66.8 Å². The van der Waals surface area contributed by atoms with Crippen LogP contribution in [0.15, 0.2) is 84.1 Å². The Morgan fingerprint density at radius 2 is 1.61 bits per heavy atom. The first kappa shape index (κ1) is 20.6. The van der Waals surface area contributed by atoms with E-state index in [-0.39, 0.29) is 11.1 Å². The number of amides is 1. The fourth-order valence-corrected chi connectivity index (χ4v) is 3.69. The molecule has 5 nitrogen and oxygen atoms in total. The number of carbonyl (C=O) groups is 2. The van der Waals surface area contributed by atoms with Crippen molar-refractivity contribution in [2.45, 2.75) is 6.04 Å². The van der Waals surface area contributed by atoms with E-state index < -0.39 is 29.3 Å². The lowest BCUT2D eigenvalue weighted by molar-refractivity contribution is -0.117. The third kappa shape index (κ3) is 3.78. The molecule has 1 aliphatic rings. The van der Waals surface area contributed by atoms with Gasteiger partial charge in [0, 0.05) is 16.3 Å². The Morgan fingerprint density at radius 3 is 2.19 bits per heavy atom. The Kier molecular flexibility index (Phi) is 5.48. The fraction of sp³-hybridized carbons (Fsp3) is 0.0833. The lowest BCUT2D eigenvalue weighted by atomic mass is 9.92. The summed E-state index contributed by atoms with van der Waals surface area (Å²) in [6.07, 6.45) is 0. The number of Topliss-reactive ketones (excluding diaryl/α,β-unsaturated/α-hetero) is 1. The van der Waals surface area contributed by atoms with Crippen LogP contribution in [0.1, 0.15) is 22.0 Å². The second kappa shape index (κ2) is 8.24. The maximum absolute atomic E-state index is 13.5. The predicted molar refractivity (Wildman–Crippen MR) is 115 cm³/mol. The number of nitrogens with zero attached hydrogens (tertiary/aromatic N) is 1. The van der Waals surface area contributed by atoms with Crippen LogP contribution >= 0.6 is 11.6 Å². The first-order valence-corrected chi connectivity index (χ1v) is 9.75. The van der Waals surface area contributed by atoms with Gasteiger partial charge in [0.15, 0.2) is 11.5 Å². The van der Waals surface area contributed by atoms with Crippen molar-refractivity contribution in [3.05, 3.63) is 106 Å². The summed E-state index contributed by atoms with van der Waals surface area (Å²) in [6, 6.07) is 17.3. The third-order valence-electron chi connectivity index (χ3n) is 5.10. The molecule has 1 unspecified atom stereocenters. The van der Waals surface area contributed by atoms with Crippen LogP contribution in [0.2, 0.25) is 5.02 Å². The molecule has 156 valence electrons. The summed E-state index contributed by atoms with van der Waals surface area (Å²) < 4.78 is 18.7. The number of ether oxygens (including phenoxy) is 1. The number of ketones is 1. The van der Waals surface area contributed by atoms with Gasteiger partial charge in [-0.05, 0) is 66.2 Å². The van der Waals surface area contributed by atoms with Crippen LogP contribution in [0, 0.1) is 5.82 Å². The van der Waals surface area contributed by atoms with Crippen LogP contribution in [-0.4, -0.2) is 23.9 Å². The summed E-state index contributed by atoms with van der Waals surface area (Å²) in [6.45, 7) is 0. The number of aliphatic hydroxyl groups excluding tert-OH is 1. The predicted octanol–water partition coefficient (Wildman–Crippen LogP) is 5.27. The van der Waals surface area contributed by atoms with Gasteiger partial charge < -0.3 is 9.84 Å². The van der Waals surface area contributed by atoms with Crippen molar-refractivity contribution in [2.24, 2.45) is 0 Å². The Morgan fingerprint density at radius 1 is 1.00 bits per heavy atom. The molecule has 3 aromatic carbocycles. The molecule has 0 fully saturated rings. The van der Waals surface area contributed by atoms with Gasteiger partial charge >= 0.3 is 0 Å². The summed E-state index contributed by atoms with van der Waals surface area (Å²) in [4.78, 5) is 27.7. The van der Waals surface area contributed by atoms with Crippen molar-refractivity contribution in [3.63, 3.8) is 0 Å². The monoisotopic (exact) mass is 437 g/mol. The number of halogens is 2. The molecule has 7 heteroatoms. The Labute approximate surface area is 182 Å². The molecule has 3 aromatic rings. The standard InChI is InChI=1S/C24H17ClFNO4/c1-31-19-12-4-15(5-13-19)22(28)20-21(14-2-8-17(26)9-3-14)27(24(30)23(20)29)18-10-6-16(25)7-11-18/h2-13,21,29H,1H3. The molecule has 1 N–H and O–H groups in total. The van der Waals surface area contributed by atoms with Gasteiger partial charge in [0.1, 0.15) is 11.6 Å². The minimum atomic E-state index is -0.941. The molecule has 0 saturated heterocycles. The molecular formula is C24H17ClFNO4. The molecule has 0 saturated carbocycles. The lowest BCUT2D eigenvalue weighted by Crippen LogP contribution is -2.31. The summed E-state index contributed by atoms with van der Waals surface area (Å²) in [7, 11) is 1.51. The van der Waals surface area contributed by atoms with Gasteiger partial charge in [-0.1, -0.05) is 23.7 Å². The van der Waals surface area contributed by atoms with Crippen molar-refractivity contribution in [1.29, 1.82) is 0 Å². The van der Waals surface area contributed by atoms with Gasteiger partial charge in [-0.2, -0.15) is 0 Å². The minimum absolute atomic E-state index is 0.0864. The van der Waals surface area contributed by atoms with E-state index in [1.807, 2.05) is 0 Å². The van der Waals surface area contributed by atoms with E-state index in [4.69, 9.17) is 16.3 Å². The van der Waals surface area contributed by atoms with Crippen LogP contribution in [0.25, 0.3) is 0 Å². The van der Waals surface area contributed by atoms with Crippen molar-refractivity contribution >= 4 is 29.0 Å². The zero-order valence-electron chi connectivity index (χ0n) is 16.4. The SMILES string of the molecule is COc1ccc(C(=O)C2=C(O)C(=O)N(c3ccc(Cl)cc3)C2c2ccc(F)cc2)cc1. The van der Waals surface area contributed by atoms with E-state index in [9.17, 15) is 19.1 Å². The van der Waals surface area contributed by atoms with Crippen molar-refractivity contribution in [3.8, 4) is 5.75 Å². The van der Waals surface area contributed by atoms with Gasteiger partial charge in [0.05, 0.1) is 18.7 Å². The number of carbonyl (C=O) groups excluding carboxylic acids is 2. The normalized spacial score (nSPS) is 16.0. The number of hydrogen-bond donors (Lipinski definition) is 1. The van der Waals surface area contributed by atoms with Gasteiger partial charge in [-0.3, -0.25) is 14.5 Å². The number of methoxy groups -OCH3 is 1. The van der Waals surface area contributed by atoms with E-state index >= 15 is 0 Å². The Bertz CT molecular complexity index is 1170. The second-order valence-corrected chi connectivity index (χ2v) is 7.36. The van der Waals surface area contributed by atoms with Crippen molar-refractivity contribution < 1.29 is 23.8 Å². The molecule has 0 bridgehead atoms. The van der Waals surface area contributed by atoms with Gasteiger partial charge in [0.2, 0.25) is 0 Å². The molecule has 1 atom stereocenters. The average molecular weight is 438 g/mol. The van der Waals surface area contributed by atoms with Crippen LogP contribution in [0.4, 0.5) is 10.1 Å². The van der Waals surface area contributed by atoms with E-state index in [1.54, 1.807) is 48.5 Å². The highest BCUT2D eigenvalue weighted by Crippen LogP contribution is 2.42. The lowest BCUT2D eigenvalue weighted by Gasteiger charge is -2.27. The number of anilines is 1. The molecule has 0 aliphatic carbocycles. The zero-order chi connectivity index (χ0) is 22.1. The van der Waals surface area contributed by atoms with Gasteiger partial charge in [0.25, 0.3) is 5.91 Å². The molecule has 0 radical (unpaired) electrons. The number of rotatable bonds is 5. The molecule has 1 amide bonds. The highest BCUT2D eigenvalue weighted by molar-refractivity contribution is 6.30. The highest BCUT2D eigenvalue weighted by Gasteiger charge is 2.44. The highest BCUT2D eigenvalue weighted by atomic mass is 35.5. The van der Waals surface area contributed by atoms with Crippen LogP contribution < -0.4 is 9.64 Å². The van der Waals surface area contributed by atoms with E-state index in [1.165, 1.54) is 36.3 Å². The molecule has 1 aliphatic heterocycles. The smallest absolute Gasteiger partial charge is 0.294 e. The van der Waals surface area contributed by atoms with Crippen molar-refractivity contribution in [1.82, 2.24) is 0 Å². The maximum atomic E-state index is 13.5. The van der Waals surface area contributed by atoms with E-state index in [0.29, 0.717) is 22.0 Å². The van der Waals surface area contributed by atoms with Crippen LogP contribution in [0.3, 0.4) is 0 Å². The molecule has 0 spiro atoms. The third-order valence-corrected chi connectivity index (χ3v) is 5.35. The molecular weight excluding hydrogens is 421 g/mol. The summed E-state index contributed by atoms with van der Waals surface area (Å²) in [5.74, 6) is -1.78. The van der Waals surface area contributed by atoms with Crippen LogP contribution in [-0.2, 0) is 4.79 Å². The number of benzene rings is 3. The van der Waals surface area contributed by atoms with E-state index in [0.717, 1.165) is 0 Å². The van der Waals surface area contributed by atoms with Gasteiger partial charge in [-0.15, -0.1) is 0 Å². The molecule has 1 heterocycles. The first-order valence-electron chi connectivity index (χ1n) is 9.37. The fourth-order valence-electron chi connectivity index (χ4n) is 3.56. The summed E-state index contributed by atoms with van der Waals surface area (Å²) in [5.41, 5.74) is 1.11. The zero-order valence-corrected chi connectivity index (χ0v) is 17.1. The minimum Gasteiger partial charge on any atom is -0.503 e. The number of hydrogen-bond acceptors (Lipinski definition) is 4. The largest absolute Gasteiger partial charge is 0.503 e. The van der Waals surface area contributed by atoms with Crippen LogP contribution in [0.5, 0.6) is 5.75 Å². The molecule has 4 rings (SSSR count).